The van der Waals surface area contributed by atoms with Crippen molar-refractivity contribution in [2.45, 2.75) is 12.7 Å². The van der Waals surface area contributed by atoms with Crippen molar-refractivity contribution in [3.63, 3.8) is 0 Å². The Bertz CT molecular complexity index is 968. The first-order valence-corrected chi connectivity index (χ1v) is 10.2. The number of carbonyl (C=O) groups excluding carboxylic acids is 1. The maximum Gasteiger partial charge on any atom is 0.343 e. The number of alkyl halides is 1. The van der Waals surface area contributed by atoms with Crippen molar-refractivity contribution >= 4 is 34.9 Å². The Balaban J connectivity index is 1.89. The van der Waals surface area contributed by atoms with Crippen molar-refractivity contribution in [2.24, 2.45) is 0 Å². The van der Waals surface area contributed by atoms with Crippen molar-refractivity contribution in [3.8, 4) is 11.5 Å². The maximum absolute atomic E-state index is 12.6. The summed E-state index contributed by atoms with van der Waals surface area (Å²) >= 11 is 11.9. The van der Waals surface area contributed by atoms with Gasteiger partial charge in [0.1, 0.15) is 6.61 Å². The molecule has 0 aromatic heterocycles. The number of anilines is 1. The van der Waals surface area contributed by atoms with E-state index in [2.05, 4.69) is 5.32 Å². The highest BCUT2D eigenvalue weighted by molar-refractivity contribution is 6.31. The monoisotopic (exact) mass is 445 g/mol. The minimum absolute atomic E-state index is 0.0730. The van der Waals surface area contributed by atoms with Crippen LogP contribution in [0.4, 0.5) is 5.69 Å². The van der Waals surface area contributed by atoms with Gasteiger partial charge < -0.3 is 19.9 Å². The van der Waals surface area contributed by atoms with Gasteiger partial charge in [0.25, 0.3) is 0 Å². The fourth-order valence-corrected chi connectivity index (χ4v) is 2.99. The van der Waals surface area contributed by atoms with Crippen LogP contribution in [0.1, 0.15) is 15.9 Å². The molecule has 0 saturated heterocycles. The summed E-state index contributed by atoms with van der Waals surface area (Å²) < 4.78 is 11.6. The highest BCUT2D eigenvalue weighted by Crippen LogP contribution is 2.39. The average Bonchev–Trinajstić information content (AvgIpc) is 2.77. The molecule has 0 aliphatic carbocycles. The van der Waals surface area contributed by atoms with Crippen molar-refractivity contribution in [1.29, 1.82) is 0 Å². The van der Waals surface area contributed by atoms with Gasteiger partial charge in [-0.05, 0) is 23.8 Å². The standard InChI is InChI=1S/C23H21Cl2NO4/c24-13-19(27)14-26-20-11-18(25)12-21(30-23(28)17-9-5-2-6-10-17)22(20)29-15-16-7-3-1-4-8-16/h1-12,19,26-27H,13-15H2. The van der Waals surface area contributed by atoms with Gasteiger partial charge in [-0.3, -0.25) is 0 Å². The minimum Gasteiger partial charge on any atom is -0.483 e. The molecule has 30 heavy (non-hydrogen) atoms. The summed E-state index contributed by atoms with van der Waals surface area (Å²) in [6, 6.07) is 21.4. The summed E-state index contributed by atoms with van der Waals surface area (Å²) in [6.07, 6.45) is -0.761. The summed E-state index contributed by atoms with van der Waals surface area (Å²) in [5.41, 5.74) is 1.83. The van der Waals surface area contributed by atoms with E-state index in [1.54, 1.807) is 30.3 Å². The van der Waals surface area contributed by atoms with E-state index in [1.807, 2.05) is 36.4 Å². The van der Waals surface area contributed by atoms with Crippen LogP contribution < -0.4 is 14.8 Å². The molecule has 3 aromatic rings. The number of hydrogen-bond donors (Lipinski definition) is 2. The highest BCUT2D eigenvalue weighted by atomic mass is 35.5. The fourth-order valence-electron chi connectivity index (χ4n) is 2.67. The second kappa shape index (κ2) is 10.9. The van der Waals surface area contributed by atoms with Crippen LogP contribution in [0.5, 0.6) is 11.5 Å². The number of halogens is 2. The van der Waals surface area contributed by atoms with Crippen molar-refractivity contribution in [3.05, 3.63) is 88.9 Å². The van der Waals surface area contributed by atoms with Gasteiger partial charge in [0.05, 0.1) is 23.2 Å². The lowest BCUT2D eigenvalue weighted by atomic mass is 10.2. The molecule has 1 atom stereocenters. The van der Waals surface area contributed by atoms with E-state index >= 15 is 0 Å². The first-order valence-electron chi connectivity index (χ1n) is 9.32. The third kappa shape index (κ3) is 6.13. The Labute approximate surface area is 185 Å². The van der Waals surface area contributed by atoms with E-state index < -0.39 is 12.1 Å². The zero-order chi connectivity index (χ0) is 21.3. The average molecular weight is 446 g/mol. The molecule has 0 bridgehead atoms. The Morgan fingerprint density at radius 1 is 1.03 bits per heavy atom. The molecule has 0 heterocycles. The molecule has 156 valence electrons. The molecule has 0 fully saturated rings. The van der Waals surface area contributed by atoms with Crippen LogP contribution in [0.15, 0.2) is 72.8 Å². The predicted molar refractivity (Wildman–Crippen MR) is 119 cm³/mol. The Morgan fingerprint density at radius 2 is 1.70 bits per heavy atom. The molecule has 0 amide bonds. The number of aliphatic hydroxyl groups excluding tert-OH is 1. The molecule has 1 unspecified atom stereocenters. The number of hydrogen-bond acceptors (Lipinski definition) is 5. The second-order valence-electron chi connectivity index (χ2n) is 6.50. The zero-order valence-electron chi connectivity index (χ0n) is 16.1. The molecule has 3 aromatic carbocycles. The van der Waals surface area contributed by atoms with Crippen LogP contribution in [-0.2, 0) is 6.61 Å². The van der Waals surface area contributed by atoms with E-state index in [-0.39, 0.29) is 24.8 Å². The largest absolute Gasteiger partial charge is 0.483 e. The molecule has 0 aliphatic heterocycles. The number of benzene rings is 3. The Hall–Kier alpha value is -2.73. The van der Waals surface area contributed by atoms with Gasteiger partial charge in [-0.15, -0.1) is 11.6 Å². The topological polar surface area (TPSA) is 67.8 Å². The van der Waals surface area contributed by atoms with Crippen LogP contribution in [0, 0.1) is 0 Å². The van der Waals surface area contributed by atoms with E-state index in [0.717, 1.165) is 5.56 Å². The van der Waals surface area contributed by atoms with Crippen LogP contribution in [0.2, 0.25) is 5.02 Å². The Kier molecular flexibility index (Phi) is 7.97. The summed E-state index contributed by atoms with van der Waals surface area (Å²) in [6.45, 7) is 0.433. The SMILES string of the molecule is O=C(Oc1cc(Cl)cc(NCC(O)CCl)c1OCc1ccccc1)c1ccccc1. The molecular formula is C23H21Cl2NO4. The van der Waals surface area contributed by atoms with Crippen molar-refractivity contribution in [2.75, 3.05) is 17.7 Å². The Morgan fingerprint density at radius 3 is 2.37 bits per heavy atom. The van der Waals surface area contributed by atoms with E-state index in [0.29, 0.717) is 22.0 Å². The molecule has 7 heteroatoms. The normalized spacial score (nSPS) is 11.6. The van der Waals surface area contributed by atoms with Gasteiger partial charge in [-0.2, -0.15) is 0 Å². The third-order valence-corrected chi connectivity index (χ3v) is 4.74. The molecule has 0 saturated carbocycles. The number of esters is 1. The summed E-state index contributed by atoms with van der Waals surface area (Å²) in [4.78, 5) is 12.6. The first kappa shape index (κ1) is 22.0. The predicted octanol–water partition coefficient (Wildman–Crippen LogP) is 5.15. The summed E-state index contributed by atoms with van der Waals surface area (Å²) in [5.74, 6) is 0.0301. The van der Waals surface area contributed by atoms with Gasteiger partial charge in [0, 0.05) is 17.6 Å². The molecule has 0 radical (unpaired) electrons. The van der Waals surface area contributed by atoms with Crippen molar-refractivity contribution in [1.82, 2.24) is 0 Å². The first-order chi connectivity index (χ1) is 14.6. The van der Waals surface area contributed by atoms with E-state index in [1.165, 1.54) is 6.07 Å². The summed E-state index contributed by atoms with van der Waals surface area (Å²) in [5, 5.41) is 13.2. The van der Waals surface area contributed by atoms with Crippen molar-refractivity contribution < 1.29 is 19.4 Å². The van der Waals surface area contributed by atoms with Gasteiger partial charge in [-0.25, -0.2) is 4.79 Å². The van der Waals surface area contributed by atoms with Gasteiger partial charge in [0.2, 0.25) is 0 Å². The smallest absolute Gasteiger partial charge is 0.343 e. The summed E-state index contributed by atoms with van der Waals surface area (Å²) in [7, 11) is 0. The zero-order valence-corrected chi connectivity index (χ0v) is 17.6. The number of ether oxygens (including phenoxy) is 2. The lowest BCUT2D eigenvalue weighted by Crippen LogP contribution is -2.21. The molecule has 5 nitrogen and oxygen atoms in total. The number of carbonyl (C=O) groups is 1. The number of nitrogens with one attached hydrogen (secondary N) is 1. The van der Waals surface area contributed by atoms with Gasteiger partial charge >= 0.3 is 5.97 Å². The van der Waals surface area contributed by atoms with Gasteiger partial charge in [0.15, 0.2) is 11.5 Å². The molecule has 2 N–H and O–H groups in total. The molecular weight excluding hydrogens is 425 g/mol. The van der Waals surface area contributed by atoms with Gasteiger partial charge in [-0.1, -0.05) is 60.1 Å². The van der Waals surface area contributed by atoms with Crippen LogP contribution in [0.25, 0.3) is 0 Å². The molecule has 0 spiro atoms. The number of rotatable bonds is 9. The molecule has 3 rings (SSSR count). The quantitative estimate of drug-likeness (QED) is 0.270. The third-order valence-electron chi connectivity index (χ3n) is 4.16. The second-order valence-corrected chi connectivity index (χ2v) is 7.24. The highest BCUT2D eigenvalue weighted by Gasteiger charge is 2.18. The number of aliphatic hydroxyl groups is 1. The minimum atomic E-state index is -0.761. The maximum atomic E-state index is 12.6. The lowest BCUT2D eigenvalue weighted by Gasteiger charge is -2.18. The van der Waals surface area contributed by atoms with E-state index in [9.17, 15) is 9.90 Å². The fraction of sp³-hybridized carbons (Fsp3) is 0.174. The van der Waals surface area contributed by atoms with Crippen LogP contribution in [0.3, 0.4) is 0 Å². The van der Waals surface area contributed by atoms with Crippen LogP contribution >= 0.6 is 23.2 Å². The molecule has 0 aliphatic rings. The van der Waals surface area contributed by atoms with E-state index in [4.69, 9.17) is 32.7 Å². The lowest BCUT2D eigenvalue weighted by molar-refractivity contribution is 0.0728. The van der Waals surface area contributed by atoms with Crippen LogP contribution in [-0.4, -0.2) is 29.6 Å².